The molecule has 0 fully saturated rings. The van der Waals surface area contributed by atoms with E-state index in [1.165, 1.54) is 0 Å². The maximum Gasteiger partial charge on any atom is 0.155 e. The van der Waals surface area contributed by atoms with E-state index >= 15 is 0 Å². The highest BCUT2D eigenvalue weighted by molar-refractivity contribution is 5.89. The van der Waals surface area contributed by atoms with Crippen molar-refractivity contribution in [2.45, 2.75) is 46.5 Å². The van der Waals surface area contributed by atoms with Gasteiger partial charge in [-0.2, -0.15) is 0 Å². The highest BCUT2D eigenvalue weighted by Gasteiger charge is 1.98. The molecule has 0 aliphatic carbocycles. The highest BCUT2D eigenvalue weighted by atomic mass is 16.1. The standard InChI is InChI=1S/C11H20O/c1-4-5-6-7-11(12)9-8-10(2)3/h6-7,10H,4-5,8-9H2,1-3H3. The van der Waals surface area contributed by atoms with Crippen LogP contribution in [0.1, 0.15) is 46.5 Å². The number of rotatable bonds is 6. The zero-order chi connectivity index (χ0) is 9.40. The Bertz CT molecular complexity index is 145. The first-order valence-electron chi connectivity index (χ1n) is 4.86. The van der Waals surface area contributed by atoms with Gasteiger partial charge in [-0.3, -0.25) is 4.79 Å². The van der Waals surface area contributed by atoms with Crippen LogP contribution in [0.15, 0.2) is 12.2 Å². The summed E-state index contributed by atoms with van der Waals surface area (Å²) in [5.41, 5.74) is 0. The summed E-state index contributed by atoms with van der Waals surface area (Å²) in [5.74, 6) is 0.908. The third-order valence-corrected chi connectivity index (χ3v) is 1.73. The predicted molar refractivity (Wildman–Crippen MR) is 53.1 cm³/mol. The number of carbonyl (C=O) groups excluding carboxylic acids is 1. The Labute approximate surface area is 75.9 Å². The monoisotopic (exact) mass is 168 g/mol. The molecule has 0 aliphatic rings. The largest absolute Gasteiger partial charge is 0.295 e. The molecule has 1 nitrogen and oxygen atoms in total. The molecule has 0 amide bonds. The molecule has 0 bridgehead atoms. The van der Waals surface area contributed by atoms with E-state index in [1.807, 2.05) is 6.08 Å². The Morgan fingerprint density at radius 3 is 2.58 bits per heavy atom. The highest BCUT2D eigenvalue weighted by Crippen LogP contribution is 2.04. The molecule has 0 aromatic heterocycles. The fraction of sp³-hybridized carbons (Fsp3) is 0.727. The van der Waals surface area contributed by atoms with E-state index in [2.05, 4.69) is 20.8 Å². The van der Waals surface area contributed by atoms with E-state index in [0.29, 0.717) is 12.3 Å². The van der Waals surface area contributed by atoms with Crippen molar-refractivity contribution in [2.24, 2.45) is 5.92 Å². The summed E-state index contributed by atoms with van der Waals surface area (Å²) in [6, 6.07) is 0. The van der Waals surface area contributed by atoms with Gasteiger partial charge in [0.15, 0.2) is 5.78 Å². The molecule has 0 saturated heterocycles. The normalized spacial score (nSPS) is 11.3. The molecule has 1 heteroatoms. The second-order valence-electron chi connectivity index (χ2n) is 3.59. The summed E-state index contributed by atoms with van der Waals surface area (Å²) in [7, 11) is 0. The van der Waals surface area contributed by atoms with Crippen LogP contribution in [0.2, 0.25) is 0 Å². The van der Waals surface area contributed by atoms with Gasteiger partial charge in [0.1, 0.15) is 0 Å². The summed E-state index contributed by atoms with van der Waals surface area (Å²) in [6.07, 6.45) is 7.56. The summed E-state index contributed by atoms with van der Waals surface area (Å²) in [6.45, 7) is 6.40. The van der Waals surface area contributed by atoms with Crippen molar-refractivity contribution < 1.29 is 4.79 Å². The minimum atomic E-state index is 0.275. The van der Waals surface area contributed by atoms with Crippen LogP contribution in [-0.4, -0.2) is 5.78 Å². The van der Waals surface area contributed by atoms with Crippen LogP contribution in [0.3, 0.4) is 0 Å². The van der Waals surface area contributed by atoms with Crippen molar-refractivity contribution in [1.29, 1.82) is 0 Å². The summed E-state index contributed by atoms with van der Waals surface area (Å²) in [4.78, 5) is 11.1. The third kappa shape index (κ3) is 7.52. The van der Waals surface area contributed by atoms with Crippen molar-refractivity contribution in [3.63, 3.8) is 0 Å². The van der Waals surface area contributed by atoms with Crippen molar-refractivity contribution in [1.82, 2.24) is 0 Å². The Kier molecular flexibility index (Phi) is 6.73. The summed E-state index contributed by atoms with van der Waals surface area (Å²) >= 11 is 0. The van der Waals surface area contributed by atoms with Gasteiger partial charge in [0.2, 0.25) is 0 Å². The second-order valence-corrected chi connectivity index (χ2v) is 3.59. The lowest BCUT2D eigenvalue weighted by molar-refractivity contribution is -0.114. The van der Waals surface area contributed by atoms with Gasteiger partial charge in [-0.1, -0.05) is 33.3 Å². The van der Waals surface area contributed by atoms with Crippen LogP contribution >= 0.6 is 0 Å². The fourth-order valence-electron chi connectivity index (χ4n) is 0.896. The van der Waals surface area contributed by atoms with Crippen molar-refractivity contribution in [3.8, 4) is 0 Å². The fourth-order valence-corrected chi connectivity index (χ4v) is 0.896. The molecule has 0 N–H and O–H groups in total. The van der Waals surface area contributed by atoms with Crippen LogP contribution in [0.25, 0.3) is 0 Å². The summed E-state index contributed by atoms with van der Waals surface area (Å²) < 4.78 is 0. The van der Waals surface area contributed by atoms with Crippen molar-refractivity contribution in [3.05, 3.63) is 12.2 Å². The molecule has 0 heterocycles. The minimum absolute atomic E-state index is 0.275. The molecule has 0 saturated carbocycles. The average molecular weight is 168 g/mol. The smallest absolute Gasteiger partial charge is 0.155 e. The lowest BCUT2D eigenvalue weighted by Crippen LogP contribution is -1.96. The first-order valence-corrected chi connectivity index (χ1v) is 4.86. The zero-order valence-electron chi connectivity index (χ0n) is 8.47. The van der Waals surface area contributed by atoms with E-state index in [4.69, 9.17) is 0 Å². The molecule has 0 unspecified atom stereocenters. The maximum absolute atomic E-state index is 11.1. The predicted octanol–water partition coefficient (Wildman–Crippen LogP) is 3.35. The SMILES string of the molecule is CCCC=CC(=O)CCC(C)C. The molecule has 0 aromatic carbocycles. The number of unbranched alkanes of at least 4 members (excludes halogenated alkanes) is 1. The molecular weight excluding hydrogens is 148 g/mol. The Hall–Kier alpha value is -0.590. The van der Waals surface area contributed by atoms with E-state index in [1.54, 1.807) is 6.08 Å². The van der Waals surface area contributed by atoms with Crippen LogP contribution < -0.4 is 0 Å². The van der Waals surface area contributed by atoms with E-state index < -0.39 is 0 Å². The lowest BCUT2D eigenvalue weighted by atomic mass is 10.1. The number of hydrogen-bond acceptors (Lipinski definition) is 1. The van der Waals surface area contributed by atoms with Crippen LogP contribution in [0.5, 0.6) is 0 Å². The van der Waals surface area contributed by atoms with Crippen molar-refractivity contribution in [2.75, 3.05) is 0 Å². The Morgan fingerprint density at radius 1 is 1.42 bits per heavy atom. The first-order chi connectivity index (χ1) is 5.66. The molecule has 0 aromatic rings. The molecule has 0 rings (SSSR count). The molecule has 70 valence electrons. The number of allylic oxidation sites excluding steroid dienone is 2. The number of carbonyl (C=O) groups is 1. The lowest BCUT2D eigenvalue weighted by Gasteiger charge is -1.99. The third-order valence-electron chi connectivity index (χ3n) is 1.73. The van der Waals surface area contributed by atoms with E-state index in [0.717, 1.165) is 19.3 Å². The minimum Gasteiger partial charge on any atom is -0.295 e. The van der Waals surface area contributed by atoms with Gasteiger partial charge in [-0.15, -0.1) is 0 Å². The molecular formula is C11H20O. The molecule has 0 radical (unpaired) electrons. The van der Waals surface area contributed by atoms with Gasteiger partial charge < -0.3 is 0 Å². The van der Waals surface area contributed by atoms with Crippen LogP contribution in [0.4, 0.5) is 0 Å². The van der Waals surface area contributed by atoms with Gasteiger partial charge in [-0.25, -0.2) is 0 Å². The zero-order valence-corrected chi connectivity index (χ0v) is 8.47. The molecule has 0 aliphatic heterocycles. The van der Waals surface area contributed by atoms with Crippen LogP contribution in [0, 0.1) is 5.92 Å². The number of hydrogen-bond donors (Lipinski definition) is 0. The molecule has 0 spiro atoms. The van der Waals surface area contributed by atoms with Crippen molar-refractivity contribution >= 4 is 5.78 Å². The van der Waals surface area contributed by atoms with E-state index in [9.17, 15) is 4.79 Å². The van der Waals surface area contributed by atoms with Gasteiger partial charge in [0, 0.05) is 6.42 Å². The topological polar surface area (TPSA) is 17.1 Å². The van der Waals surface area contributed by atoms with Gasteiger partial charge in [0.05, 0.1) is 0 Å². The first kappa shape index (κ1) is 11.4. The second kappa shape index (κ2) is 7.08. The maximum atomic E-state index is 11.1. The van der Waals surface area contributed by atoms with Gasteiger partial charge in [0.25, 0.3) is 0 Å². The molecule has 12 heavy (non-hydrogen) atoms. The Balaban J connectivity index is 3.46. The Morgan fingerprint density at radius 2 is 2.08 bits per heavy atom. The molecule has 0 atom stereocenters. The van der Waals surface area contributed by atoms with E-state index in [-0.39, 0.29) is 5.78 Å². The van der Waals surface area contributed by atoms with Gasteiger partial charge in [-0.05, 0) is 24.8 Å². The number of ketones is 1. The quantitative estimate of drug-likeness (QED) is 0.556. The van der Waals surface area contributed by atoms with Gasteiger partial charge >= 0.3 is 0 Å². The summed E-state index contributed by atoms with van der Waals surface area (Å²) in [5, 5.41) is 0. The average Bonchev–Trinajstić information content (AvgIpc) is 2.01. The van der Waals surface area contributed by atoms with Crippen LogP contribution in [-0.2, 0) is 4.79 Å².